The number of benzene rings is 2. The molecule has 0 atom stereocenters. The highest BCUT2D eigenvalue weighted by atomic mass is 35.5. The third-order valence-electron chi connectivity index (χ3n) is 2.94. The Kier molecular flexibility index (Phi) is 5.89. The van der Waals surface area contributed by atoms with E-state index >= 15 is 0 Å². The summed E-state index contributed by atoms with van der Waals surface area (Å²) in [4.78, 5) is 9.56. The molecule has 0 aliphatic rings. The fraction of sp³-hybridized carbons (Fsp3) is 0.125. The highest BCUT2D eigenvalue weighted by Gasteiger charge is 2.10. The summed E-state index contributed by atoms with van der Waals surface area (Å²) in [5.74, 6) is 0.864. The van der Waals surface area contributed by atoms with Gasteiger partial charge in [0.25, 0.3) is 0 Å². The highest BCUT2D eigenvalue weighted by Crippen LogP contribution is 2.21. The Balaban J connectivity index is 0.00000176. The summed E-state index contributed by atoms with van der Waals surface area (Å²) in [6, 6.07) is 20.1. The summed E-state index contributed by atoms with van der Waals surface area (Å²) in [6.45, 7) is 0.405. The van der Waals surface area contributed by atoms with Gasteiger partial charge in [-0.2, -0.15) is 4.98 Å². The molecule has 0 saturated carbocycles. The monoisotopic (exact) mass is 333 g/mol. The molecule has 0 aliphatic heterocycles. The van der Waals surface area contributed by atoms with Crippen molar-refractivity contribution in [3.63, 3.8) is 0 Å². The van der Waals surface area contributed by atoms with Crippen LogP contribution in [0, 0.1) is 0 Å². The zero-order valence-electron chi connectivity index (χ0n) is 11.8. The van der Waals surface area contributed by atoms with E-state index in [1.165, 1.54) is 11.5 Å². The average Bonchev–Trinajstić information content (AvgIpc) is 2.99. The fourth-order valence-electron chi connectivity index (χ4n) is 2.00. The largest absolute Gasteiger partial charge is 0.394 e. The van der Waals surface area contributed by atoms with E-state index in [1.54, 1.807) is 0 Å². The van der Waals surface area contributed by atoms with Crippen molar-refractivity contribution in [2.24, 2.45) is 4.99 Å². The van der Waals surface area contributed by atoms with Crippen LogP contribution < -0.4 is 4.80 Å². The van der Waals surface area contributed by atoms with E-state index in [2.05, 4.69) is 13.9 Å². The molecule has 22 heavy (non-hydrogen) atoms. The number of rotatable bonds is 4. The average molecular weight is 334 g/mol. The summed E-state index contributed by atoms with van der Waals surface area (Å²) < 4.78 is 2.06. The van der Waals surface area contributed by atoms with Gasteiger partial charge >= 0.3 is 0 Å². The molecule has 0 saturated heterocycles. The van der Waals surface area contributed by atoms with Crippen LogP contribution in [0.25, 0.3) is 17.1 Å². The quantitative estimate of drug-likeness (QED) is 0.798. The molecule has 0 radical (unpaired) electrons. The summed E-state index contributed by atoms with van der Waals surface area (Å²) in [7, 11) is 0. The van der Waals surface area contributed by atoms with Gasteiger partial charge in [-0.15, -0.1) is 12.4 Å². The van der Waals surface area contributed by atoms with Crippen molar-refractivity contribution >= 4 is 23.9 Å². The molecule has 3 aromatic rings. The molecular formula is C16H16ClN3OS. The minimum atomic E-state index is 0. The molecule has 2 aromatic carbocycles. The van der Waals surface area contributed by atoms with Crippen molar-refractivity contribution in [3.8, 4) is 17.1 Å². The molecule has 0 spiro atoms. The predicted molar refractivity (Wildman–Crippen MR) is 91.6 cm³/mol. The molecule has 0 fully saturated rings. The van der Waals surface area contributed by atoms with Gasteiger partial charge in [-0.1, -0.05) is 48.5 Å². The zero-order chi connectivity index (χ0) is 14.5. The van der Waals surface area contributed by atoms with E-state index in [4.69, 9.17) is 5.11 Å². The Morgan fingerprint density at radius 2 is 1.64 bits per heavy atom. The molecule has 6 heteroatoms. The second-order valence-corrected chi connectivity index (χ2v) is 5.32. The molecule has 4 nitrogen and oxygen atoms in total. The van der Waals surface area contributed by atoms with Gasteiger partial charge in [0.05, 0.1) is 18.8 Å². The van der Waals surface area contributed by atoms with Crippen LogP contribution in [0.3, 0.4) is 0 Å². The minimum absolute atomic E-state index is 0. The third-order valence-corrected chi connectivity index (χ3v) is 3.89. The minimum Gasteiger partial charge on any atom is -0.394 e. The Bertz CT molecular complexity index is 709. The predicted octanol–water partition coefficient (Wildman–Crippen LogP) is 2.92. The number of hydrogen-bond acceptors (Lipinski definition) is 4. The van der Waals surface area contributed by atoms with Crippen molar-refractivity contribution < 1.29 is 5.11 Å². The lowest BCUT2D eigenvalue weighted by Gasteiger charge is -2.05. The van der Waals surface area contributed by atoms with Crippen molar-refractivity contribution in [3.05, 3.63) is 65.5 Å². The zero-order valence-corrected chi connectivity index (χ0v) is 13.4. The van der Waals surface area contributed by atoms with Gasteiger partial charge in [0.1, 0.15) is 0 Å². The molecular weight excluding hydrogens is 318 g/mol. The second-order valence-electron chi connectivity index (χ2n) is 4.41. The van der Waals surface area contributed by atoms with Crippen LogP contribution in [0.2, 0.25) is 0 Å². The van der Waals surface area contributed by atoms with Crippen LogP contribution >= 0.6 is 23.9 Å². The molecule has 0 amide bonds. The molecule has 1 aromatic heterocycles. The van der Waals surface area contributed by atoms with Crippen LogP contribution in [0.1, 0.15) is 0 Å². The molecule has 1 N–H and O–H groups in total. The van der Waals surface area contributed by atoms with Crippen molar-refractivity contribution in [2.75, 3.05) is 13.2 Å². The van der Waals surface area contributed by atoms with Gasteiger partial charge in [-0.25, -0.2) is 3.96 Å². The summed E-state index contributed by atoms with van der Waals surface area (Å²) >= 11 is 1.48. The van der Waals surface area contributed by atoms with Crippen LogP contribution in [0.15, 0.2) is 65.7 Å². The Hall–Kier alpha value is -1.95. The maximum atomic E-state index is 8.91. The maximum Gasteiger partial charge on any atom is 0.223 e. The van der Waals surface area contributed by atoms with Crippen LogP contribution in [-0.4, -0.2) is 27.2 Å². The number of aliphatic hydroxyl groups excluding tert-OH is 1. The van der Waals surface area contributed by atoms with Gasteiger partial charge in [0.15, 0.2) is 5.82 Å². The number of aliphatic hydroxyl groups is 1. The molecule has 0 bridgehead atoms. The standard InChI is InChI=1S/C16H15N3OS.ClH/c20-12-11-17-16-18-15(13-7-3-1-4-8-13)19(21-16)14-9-5-2-6-10-14;/h1-10,20H,11-12H2;1H. The summed E-state index contributed by atoms with van der Waals surface area (Å²) in [5.41, 5.74) is 2.10. The Morgan fingerprint density at radius 3 is 2.27 bits per heavy atom. The number of aromatic nitrogens is 2. The van der Waals surface area contributed by atoms with Crippen molar-refractivity contribution in [1.82, 2.24) is 8.94 Å². The van der Waals surface area contributed by atoms with E-state index in [0.29, 0.717) is 11.3 Å². The van der Waals surface area contributed by atoms with E-state index in [9.17, 15) is 0 Å². The number of halogens is 1. The Morgan fingerprint density at radius 1 is 1.00 bits per heavy atom. The SMILES string of the molecule is Cl.OCCN=c1nc(-c2ccccc2)n(-c2ccccc2)s1. The molecule has 1 heterocycles. The lowest BCUT2D eigenvalue weighted by Crippen LogP contribution is -2.01. The van der Waals surface area contributed by atoms with Crippen molar-refractivity contribution in [1.29, 1.82) is 0 Å². The summed E-state index contributed by atoms with van der Waals surface area (Å²) in [5, 5.41) is 8.91. The van der Waals surface area contributed by atoms with E-state index in [1.807, 2.05) is 60.7 Å². The smallest absolute Gasteiger partial charge is 0.223 e. The molecule has 0 aliphatic carbocycles. The van der Waals surface area contributed by atoms with Crippen LogP contribution in [0.4, 0.5) is 0 Å². The number of hydrogen-bond donors (Lipinski definition) is 1. The fourth-order valence-corrected chi connectivity index (χ4v) is 2.90. The lowest BCUT2D eigenvalue weighted by molar-refractivity contribution is 0.305. The molecule has 0 unspecified atom stereocenters. The first-order chi connectivity index (χ1) is 10.4. The number of para-hydroxylation sites is 1. The second kappa shape index (κ2) is 7.89. The normalized spacial score (nSPS) is 11.2. The molecule has 3 rings (SSSR count). The summed E-state index contributed by atoms with van der Waals surface area (Å²) in [6.07, 6.45) is 0. The van der Waals surface area contributed by atoms with Crippen molar-refractivity contribution in [2.45, 2.75) is 0 Å². The maximum absolute atomic E-state index is 8.91. The van der Waals surface area contributed by atoms with E-state index < -0.39 is 0 Å². The van der Waals surface area contributed by atoms with E-state index in [-0.39, 0.29) is 19.0 Å². The lowest BCUT2D eigenvalue weighted by atomic mass is 10.2. The highest BCUT2D eigenvalue weighted by molar-refractivity contribution is 7.04. The number of nitrogens with zero attached hydrogens (tertiary/aromatic N) is 3. The van der Waals surface area contributed by atoms with Crippen LogP contribution in [0.5, 0.6) is 0 Å². The molecule has 114 valence electrons. The third kappa shape index (κ3) is 3.62. The van der Waals surface area contributed by atoms with E-state index in [0.717, 1.165) is 17.1 Å². The first kappa shape index (κ1) is 16.4. The van der Waals surface area contributed by atoms with Gasteiger partial charge in [0.2, 0.25) is 4.80 Å². The topological polar surface area (TPSA) is 50.4 Å². The first-order valence-corrected chi connectivity index (χ1v) is 7.48. The Labute approximate surface area is 139 Å². The van der Waals surface area contributed by atoms with Gasteiger partial charge in [-0.3, -0.25) is 4.99 Å². The van der Waals surface area contributed by atoms with Gasteiger partial charge in [0, 0.05) is 5.56 Å². The van der Waals surface area contributed by atoms with Crippen LogP contribution in [-0.2, 0) is 0 Å². The first-order valence-electron chi connectivity index (χ1n) is 6.71. The van der Waals surface area contributed by atoms with Gasteiger partial charge in [-0.05, 0) is 23.7 Å². The van der Waals surface area contributed by atoms with Gasteiger partial charge < -0.3 is 5.11 Å².